The van der Waals surface area contributed by atoms with Crippen molar-refractivity contribution in [2.45, 2.75) is 32.6 Å². The van der Waals surface area contributed by atoms with Crippen molar-refractivity contribution in [3.05, 3.63) is 162 Å². The van der Waals surface area contributed by atoms with E-state index in [9.17, 15) is 9.59 Å². The van der Waals surface area contributed by atoms with Crippen LogP contribution in [-0.2, 0) is 12.8 Å². The fourth-order valence-corrected chi connectivity index (χ4v) is 6.98. The number of fused-ring (bicyclic) bond motifs is 6. The lowest BCUT2D eigenvalue weighted by Gasteiger charge is -2.41. The fourth-order valence-electron chi connectivity index (χ4n) is 6.98. The van der Waals surface area contributed by atoms with E-state index in [1.54, 1.807) is 55.0 Å². The summed E-state index contributed by atoms with van der Waals surface area (Å²) in [6.45, 7) is 4.75. The van der Waals surface area contributed by atoms with E-state index in [-0.39, 0.29) is 11.3 Å². The number of hydrogen-bond donors (Lipinski definition) is 2. The van der Waals surface area contributed by atoms with Gasteiger partial charge in [-0.2, -0.15) is 0 Å². The van der Waals surface area contributed by atoms with Crippen molar-refractivity contribution >= 4 is 50.0 Å². The molecule has 0 spiro atoms. The highest BCUT2D eigenvalue weighted by Crippen LogP contribution is 2.48. The molecule has 2 heterocycles. The van der Waals surface area contributed by atoms with Crippen molar-refractivity contribution in [3.63, 3.8) is 0 Å². The van der Waals surface area contributed by atoms with Crippen LogP contribution in [0, 0.1) is 5.41 Å². The summed E-state index contributed by atoms with van der Waals surface area (Å²) in [4.78, 5) is 31.4. The van der Waals surface area contributed by atoms with Gasteiger partial charge in [-0.25, -0.2) is 4.79 Å². The van der Waals surface area contributed by atoms with Crippen LogP contribution in [0.3, 0.4) is 0 Å². The molecule has 236 valence electrons. The van der Waals surface area contributed by atoms with Gasteiger partial charge in [0.15, 0.2) is 0 Å². The second-order valence-corrected chi connectivity index (χ2v) is 13.0. The highest BCUT2D eigenvalue weighted by atomic mass is 16.4. The molecule has 48 heavy (non-hydrogen) atoms. The quantitative estimate of drug-likeness (QED) is 0.189. The zero-order valence-corrected chi connectivity index (χ0v) is 26.9. The summed E-state index contributed by atoms with van der Waals surface area (Å²) in [5.74, 6) is -0.684. The van der Waals surface area contributed by atoms with Gasteiger partial charge in [0.2, 0.25) is 0 Å². The molecule has 1 atom stereocenters. The summed E-state index contributed by atoms with van der Waals surface area (Å²) < 4.78 is 0. The molecule has 7 aromatic rings. The van der Waals surface area contributed by atoms with Crippen LogP contribution in [0.2, 0.25) is 0 Å². The molecule has 2 N–H and O–H groups in total. The molecule has 6 nitrogen and oxygen atoms in total. The number of carboxylic acid groups (broad SMARTS) is 1. The van der Waals surface area contributed by atoms with Gasteiger partial charge >= 0.3 is 5.97 Å². The number of carboxylic acids is 1. The number of nitrogens with one attached hydrogen (secondary N) is 1. The predicted molar refractivity (Wildman–Crippen MR) is 193 cm³/mol. The van der Waals surface area contributed by atoms with Gasteiger partial charge in [0.25, 0.3) is 5.91 Å². The van der Waals surface area contributed by atoms with Gasteiger partial charge in [-0.1, -0.05) is 80.6 Å². The zero-order valence-electron chi connectivity index (χ0n) is 26.9. The Bertz CT molecular complexity index is 2310. The Morgan fingerprint density at radius 1 is 0.750 bits per heavy atom. The Balaban J connectivity index is 0.000000235. The molecule has 0 saturated carbocycles. The first-order valence-electron chi connectivity index (χ1n) is 16.1. The van der Waals surface area contributed by atoms with Crippen LogP contribution in [0.5, 0.6) is 0 Å². The third kappa shape index (κ3) is 6.13. The zero-order chi connectivity index (χ0) is 33.3. The van der Waals surface area contributed by atoms with Crippen LogP contribution in [-0.4, -0.2) is 27.0 Å². The third-order valence-corrected chi connectivity index (χ3v) is 9.45. The molecule has 0 radical (unpaired) electrons. The van der Waals surface area contributed by atoms with Crippen molar-refractivity contribution < 1.29 is 14.7 Å². The SMILES string of the molecule is CC1(C)Cc2c(ccc3c2ccc2ccccc23)CC1c1cccc(NC(=O)c2cccnc2)c1.O=C(O)c1ccc2ncccc2c1. The first kappa shape index (κ1) is 30.8. The van der Waals surface area contributed by atoms with E-state index in [1.807, 2.05) is 18.2 Å². The maximum atomic E-state index is 12.7. The number of aromatic carboxylic acids is 1. The van der Waals surface area contributed by atoms with E-state index in [4.69, 9.17) is 5.11 Å². The number of anilines is 1. The molecular weight excluding hydrogens is 594 g/mol. The van der Waals surface area contributed by atoms with E-state index in [0.29, 0.717) is 17.0 Å². The van der Waals surface area contributed by atoms with Crippen LogP contribution < -0.4 is 5.32 Å². The summed E-state index contributed by atoms with van der Waals surface area (Å²) >= 11 is 0. The summed E-state index contributed by atoms with van der Waals surface area (Å²) in [6.07, 6.45) is 6.96. The Kier molecular flexibility index (Phi) is 8.15. The van der Waals surface area contributed by atoms with Crippen LogP contribution in [0.1, 0.15) is 57.2 Å². The minimum Gasteiger partial charge on any atom is -0.478 e. The van der Waals surface area contributed by atoms with Gasteiger partial charge < -0.3 is 10.4 Å². The molecule has 1 aliphatic rings. The van der Waals surface area contributed by atoms with Gasteiger partial charge in [-0.15, -0.1) is 0 Å². The lowest BCUT2D eigenvalue weighted by molar-refractivity contribution is 0.0696. The van der Waals surface area contributed by atoms with Gasteiger partial charge in [-0.05, 0) is 111 Å². The van der Waals surface area contributed by atoms with Crippen LogP contribution >= 0.6 is 0 Å². The number of rotatable bonds is 4. The fraction of sp³-hybridized carbons (Fsp3) is 0.143. The second kappa shape index (κ2) is 12.7. The first-order chi connectivity index (χ1) is 23.3. The third-order valence-electron chi connectivity index (χ3n) is 9.45. The first-order valence-corrected chi connectivity index (χ1v) is 16.1. The second-order valence-electron chi connectivity index (χ2n) is 13.0. The van der Waals surface area contributed by atoms with E-state index in [1.165, 1.54) is 38.2 Å². The summed E-state index contributed by atoms with van der Waals surface area (Å²) in [6, 6.07) is 38.3. The molecule has 5 aromatic carbocycles. The lowest BCUT2D eigenvalue weighted by Crippen LogP contribution is -2.31. The van der Waals surface area contributed by atoms with Crippen molar-refractivity contribution in [2.75, 3.05) is 5.32 Å². The maximum absolute atomic E-state index is 12.7. The molecule has 1 amide bonds. The minimum atomic E-state index is -0.911. The molecule has 8 rings (SSSR count). The number of carbonyl (C=O) groups excluding carboxylic acids is 1. The van der Waals surface area contributed by atoms with Crippen LogP contribution in [0.15, 0.2) is 134 Å². The van der Waals surface area contributed by atoms with Crippen LogP contribution in [0.25, 0.3) is 32.4 Å². The monoisotopic (exact) mass is 629 g/mol. The smallest absolute Gasteiger partial charge is 0.335 e. The van der Waals surface area contributed by atoms with E-state index in [2.05, 4.69) is 89.8 Å². The minimum absolute atomic E-state index is 0.0823. The molecule has 1 unspecified atom stereocenters. The summed E-state index contributed by atoms with van der Waals surface area (Å²) in [5, 5.41) is 18.0. The number of carbonyl (C=O) groups is 2. The number of benzene rings is 5. The number of nitrogens with zero attached hydrogens (tertiary/aromatic N) is 2. The standard InChI is InChI=1S/C32H28N2O.C10H7NO2/c1-32(2)19-29-22(13-15-27-26-11-4-3-7-21(26)12-14-28(27)29)18-30(32)23-8-5-10-25(17-23)34-31(35)24-9-6-16-33-20-24;12-10(13)8-3-4-9-7(6-8)2-1-5-11-9/h3-17,20,30H,18-19H2,1-2H3,(H,34,35);1-6H,(H,12,13). The number of aromatic nitrogens is 2. The lowest BCUT2D eigenvalue weighted by atomic mass is 9.63. The topological polar surface area (TPSA) is 92.2 Å². The van der Waals surface area contributed by atoms with E-state index in [0.717, 1.165) is 29.4 Å². The Morgan fingerprint density at radius 3 is 2.40 bits per heavy atom. The maximum Gasteiger partial charge on any atom is 0.335 e. The van der Waals surface area contributed by atoms with Gasteiger partial charge in [-0.3, -0.25) is 14.8 Å². The molecule has 0 saturated heterocycles. The number of hydrogen-bond acceptors (Lipinski definition) is 4. The van der Waals surface area contributed by atoms with Crippen LogP contribution in [0.4, 0.5) is 5.69 Å². The Morgan fingerprint density at radius 2 is 1.56 bits per heavy atom. The molecule has 1 aliphatic carbocycles. The van der Waals surface area contributed by atoms with Gasteiger partial charge in [0.05, 0.1) is 16.6 Å². The summed E-state index contributed by atoms with van der Waals surface area (Å²) in [7, 11) is 0. The molecule has 0 bridgehead atoms. The average Bonchev–Trinajstić information content (AvgIpc) is 3.11. The van der Waals surface area contributed by atoms with Gasteiger partial charge in [0, 0.05) is 29.7 Å². The van der Waals surface area contributed by atoms with Gasteiger partial charge in [0.1, 0.15) is 0 Å². The largest absolute Gasteiger partial charge is 0.478 e. The number of amides is 1. The highest BCUT2D eigenvalue weighted by molar-refractivity contribution is 6.09. The number of pyridine rings is 2. The summed E-state index contributed by atoms with van der Waals surface area (Å²) in [5.41, 5.74) is 6.75. The normalized spacial score (nSPS) is 14.9. The van der Waals surface area contributed by atoms with Crippen molar-refractivity contribution in [3.8, 4) is 0 Å². The van der Waals surface area contributed by atoms with Crippen molar-refractivity contribution in [1.29, 1.82) is 0 Å². The highest BCUT2D eigenvalue weighted by Gasteiger charge is 2.37. The predicted octanol–water partition coefficient (Wildman–Crippen LogP) is 9.48. The molecule has 0 fully saturated rings. The molecule has 2 aromatic heterocycles. The molecule has 0 aliphatic heterocycles. The molecular formula is C42H35N3O3. The van der Waals surface area contributed by atoms with E-state index >= 15 is 0 Å². The van der Waals surface area contributed by atoms with Crippen molar-refractivity contribution in [1.82, 2.24) is 9.97 Å². The van der Waals surface area contributed by atoms with E-state index < -0.39 is 5.97 Å². The Hall–Kier alpha value is -5.88. The molecule has 6 heteroatoms. The van der Waals surface area contributed by atoms with Crippen molar-refractivity contribution in [2.24, 2.45) is 5.41 Å². The Labute approximate surface area is 279 Å². The average molecular weight is 630 g/mol.